The van der Waals surface area contributed by atoms with Gasteiger partial charge < -0.3 is 5.32 Å². The Labute approximate surface area is 98.0 Å². The number of rotatable bonds is 2. The Morgan fingerprint density at radius 1 is 1.50 bits per heavy atom. The van der Waals surface area contributed by atoms with Crippen LogP contribution in [0.25, 0.3) is 0 Å². The van der Waals surface area contributed by atoms with Crippen molar-refractivity contribution in [2.24, 2.45) is 5.92 Å². The van der Waals surface area contributed by atoms with Gasteiger partial charge in [-0.25, -0.2) is 0 Å². The van der Waals surface area contributed by atoms with E-state index in [1.54, 1.807) is 0 Å². The van der Waals surface area contributed by atoms with Crippen LogP contribution in [0.1, 0.15) is 25.1 Å². The van der Waals surface area contributed by atoms with Crippen LogP contribution in [0.15, 0.2) is 15.9 Å². The first-order chi connectivity index (χ1) is 6.60. The van der Waals surface area contributed by atoms with Crippen LogP contribution in [0, 0.1) is 5.92 Å². The van der Waals surface area contributed by atoms with Gasteiger partial charge in [0.2, 0.25) is 0 Å². The predicted molar refractivity (Wildman–Crippen MR) is 66.0 cm³/mol. The lowest BCUT2D eigenvalue weighted by molar-refractivity contribution is 0.350. The van der Waals surface area contributed by atoms with E-state index in [2.05, 4.69) is 47.2 Å². The molecule has 1 saturated heterocycles. The highest BCUT2D eigenvalue weighted by Gasteiger charge is 2.34. The molecular formula is C11H16BrNS. The molecule has 1 unspecified atom stereocenters. The van der Waals surface area contributed by atoms with Crippen molar-refractivity contribution in [3.05, 3.63) is 20.8 Å². The van der Waals surface area contributed by atoms with Crippen LogP contribution < -0.4 is 5.32 Å². The minimum absolute atomic E-state index is 0.320. The largest absolute Gasteiger partial charge is 0.316 e. The Morgan fingerprint density at radius 3 is 2.79 bits per heavy atom. The average Bonchev–Trinajstić information content (AvgIpc) is 2.72. The van der Waals surface area contributed by atoms with Crippen LogP contribution in [0.3, 0.4) is 0 Å². The number of hydrogen-bond acceptors (Lipinski definition) is 2. The van der Waals surface area contributed by atoms with E-state index in [4.69, 9.17) is 0 Å². The zero-order chi connectivity index (χ0) is 10.2. The van der Waals surface area contributed by atoms with Gasteiger partial charge in [-0.3, -0.25) is 0 Å². The number of nitrogens with one attached hydrogen (secondary N) is 1. The van der Waals surface area contributed by atoms with E-state index in [-0.39, 0.29) is 0 Å². The summed E-state index contributed by atoms with van der Waals surface area (Å²) in [6.07, 6.45) is 1.31. The topological polar surface area (TPSA) is 12.0 Å². The van der Waals surface area contributed by atoms with Crippen molar-refractivity contribution in [2.45, 2.75) is 25.7 Å². The van der Waals surface area contributed by atoms with Crippen molar-refractivity contribution < 1.29 is 0 Å². The SMILES string of the molecule is CC(C)(c1ccc(Br)s1)C1CCNC1. The summed E-state index contributed by atoms with van der Waals surface area (Å²) < 4.78 is 1.24. The van der Waals surface area contributed by atoms with Gasteiger partial charge in [-0.2, -0.15) is 0 Å². The van der Waals surface area contributed by atoms with Crippen LogP contribution >= 0.6 is 27.3 Å². The number of thiophene rings is 1. The molecule has 1 atom stereocenters. The fourth-order valence-corrected chi connectivity index (χ4v) is 3.70. The van der Waals surface area contributed by atoms with Crippen molar-refractivity contribution in [3.63, 3.8) is 0 Å². The molecule has 2 heterocycles. The van der Waals surface area contributed by atoms with E-state index < -0.39 is 0 Å². The fourth-order valence-electron chi connectivity index (χ4n) is 2.13. The molecule has 14 heavy (non-hydrogen) atoms. The summed E-state index contributed by atoms with van der Waals surface area (Å²) in [6, 6.07) is 4.41. The second kappa shape index (κ2) is 3.95. The molecule has 0 aromatic carbocycles. The third-order valence-electron chi connectivity index (χ3n) is 3.29. The van der Waals surface area contributed by atoms with Gasteiger partial charge in [-0.15, -0.1) is 11.3 Å². The van der Waals surface area contributed by atoms with Crippen molar-refractivity contribution in [1.82, 2.24) is 5.32 Å². The lowest BCUT2D eigenvalue weighted by Gasteiger charge is -2.30. The van der Waals surface area contributed by atoms with E-state index in [0.717, 1.165) is 5.92 Å². The van der Waals surface area contributed by atoms with E-state index in [1.165, 1.54) is 28.2 Å². The smallest absolute Gasteiger partial charge is 0.0701 e. The monoisotopic (exact) mass is 273 g/mol. The van der Waals surface area contributed by atoms with Gasteiger partial charge in [0.15, 0.2) is 0 Å². The Balaban J connectivity index is 2.22. The van der Waals surface area contributed by atoms with Crippen LogP contribution in [-0.4, -0.2) is 13.1 Å². The van der Waals surface area contributed by atoms with Crippen molar-refractivity contribution in [2.75, 3.05) is 13.1 Å². The molecule has 78 valence electrons. The molecular weight excluding hydrogens is 258 g/mol. The van der Waals surface area contributed by atoms with E-state index in [1.807, 2.05) is 11.3 Å². The fraction of sp³-hybridized carbons (Fsp3) is 0.636. The molecule has 0 radical (unpaired) electrons. The molecule has 2 rings (SSSR count). The minimum atomic E-state index is 0.320. The normalized spacial score (nSPS) is 22.9. The standard InChI is InChI=1S/C11H16BrNS/c1-11(2,8-5-6-13-7-8)9-3-4-10(12)14-9/h3-4,8,13H,5-7H2,1-2H3. The maximum atomic E-state index is 3.54. The summed E-state index contributed by atoms with van der Waals surface area (Å²) in [5.74, 6) is 0.785. The van der Waals surface area contributed by atoms with Crippen molar-refractivity contribution >= 4 is 27.3 Å². The second-order valence-corrected chi connectivity index (χ2v) is 6.98. The first-order valence-corrected chi connectivity index (χ1v) is 6.68. The molecule has 0 aliphatic carbocycles. The quantitative estimate of drug-likeness (QED) is 0.871. The highest BCUT2D eigenvalue weighted by atomic mass is 79.9. The van der Waals surface area contributed by atoms with Gasteiger partial charge >= 0.3 is 0 Å². The molecule has 0 bridgehead atoms. The predicted octanol–water partition coefficient (Wildman–Crippen LogP) is 3.40. The van der Waals surface area contributed by atoms with Crippen molar-refractivity contribution in [3.8, 4) is 0 Å². The first-order valence-electron chi connectivity index (χ1n) is 5.07. The van der Waals surface area contributed by atoms with Crippen LogP contribution in [0.5, 0.6) is 0 Å². The van der Waals surface area contributed by atoms with Gasteiger partial charge in [0.1, 0.15) is 0 Å². The third kappa shape index (κ3) is 1.90. The summed E-state index contributed by atoms with van der Waals surface area (Å²) in [4.78, 5) is 1.50. The summed E-state index contributed by atoms with van der Waals surface area (Å²) in [7, 11) is 0. The number of hydrogen-bond donors (Lipinski definition) is 1. The van der Waals surface area contributed by atoms with Gasteiger partial charge in [0.05, 0.1) is 3.79 Å². The van der Waals surface area contributed by atoms with E-state index >= 15 is 0 Å². The zero-order valence-electron chi connectivity index (χ0n) is 8.64. The summed E-state index contributed by atoms with van der Waals surface area (Å²) >= 11 is 5.41. The maximum Gasteiger partial charge on any atom is 0.0701 e. The Morgan fingerprint density at radius 2 is 2.29 bits per heavy atom. The molecule has 1 nitrogen and oxygen atoms in total. The molecule has 1 aliphatic rings. The van der Waals surface area contributed by atoms with E-state index in [9.17, 15) is 0 Å². The summed E-state index contributed by atoms with van der Waals surface area (Å²) in [5, 5.41) is 3.45. The summed E-state index contributed by atoms with van der Waals surface area (Å²) in [6.45, 7) is 7.08. The molecule has 3 heteroatoms. The lowest BCUT2D eigenvalue weighted by atomic mass is 9.77. The summed E-state index contributed by atoms with van der Waals surface area (Å²) in [5.41, 5.74) is 0.320. The van der Waals surface area contributed by atoms with Gasteiger partial charge in [0, 0.05) is 10.3 Å². The molecule has 1 aliphatic heterocycles. The third-order valence-corrected chi connectivity index (χ3v) is 5.25. The molecule has 1 aromatic rings. The van der Waals surface area contributed by atoms with Crippen LogP contribution in [0.2, 0.25) is 0 Å². The molecule has 1 N–H and O–H groups in total. The molecule has 0 saturated carbocycles. The van der Waals surface area contributed by atoms with Gasteiger partial charge in [-0.1, -0.05) is 13.8 Å². The molecule has 0 amide bonds. The number of halogens is 1. The molecule has 1 fully saturated rings. The Hall–Kier alpha value is 0.140. The molecule has 0 spiro atoms. The van der Waals surface area contributed by atoms with Gasteiger partial charge in [0.25, 0.3) is 0 Å². The van der Waals surface area contributed by atoms with Crippen LogP contribution in [0.4, 0.5) is 0 Å². The maximum absolute atomic E-state index is 3.54. The Kier molecular flexibility index (Phi) is 3.01. The minimum Gasteiger partial charge on any atom is -0.316 e. The van der Waals surface area contributed by atoms with Crippen molar-refractivity contribution in [1.29, 1.82) is 0 Å². The van der Waals surface area contributed by atoms with E-state index in [0.29, 0.717) is 5.41 Å². The molecule has 1 aromatic heterocycles. The second-order valence-electron chi connectivity index (χ2n) is 4.52. The average molecular weight is 274 g/mol. The van der Waals surface area contributed by atoms with Crippen LogP contribution in [-0.2, 0) is 5.41 Å². The zero-order valence-corrected chi connectivity index (χ0v) is 11.0. The van der Waals surface area contributed by atoms with Gasteiger partial charge in [-0.05, 0) is 53.5 Å². The highest BCUT2D eigenvalue weighted by molar-refractivity contribution is 9.11. The lowest BCUT2D eigenvalue weighted by Crippen LogP contribution is -2.29. The Bertz CT molecular complexity index is 313. The highest BCUT2D eigenvalue weighted by Crippen LogP contribution is 2.39. The first kappa shape index (κ1) is 10.7.